The summed E-state index contributed by atoms with van der Waals surface area (Å²) < 4.78 is 5.14. The third kappa shape index (κ3) is 9.15. The molecule has 0 aromatic carbocycles. The Hall–Kier alpha value is -1.83. The van der Waals surface area contributed by atoms with Crippen LogP contribution in [0.4, 0.5) is 4.79 Å². The first-order chi connectivity index (χ1) is 9.06. The van der Waals surface area contributed by atoms with Crippen LogP contribution in [0.1, 0.15) is 33.6 Å². The summed E-state index contributed by atoms with van der Waals surface area (Å²) in [6.45, 7) is 6.04. The molecule has 1 rings (SSSR count). The Morgan fingerprint density at radius 2 is 1.70 bits per heavy atom. The molecule has 0 aromatic heterocycles. The molecule has 8 nitrogen and oxygen atoms in total. The largest absolute Gasteiger partial charge is 0.473 e. The summed E-state index contributed by atoms with van der Waals surface area (Å²) in [6.07, 6.45) is 1.97. The number of aliphatic carboxylic acids is 2. The summed E-state index contributed by atoms with van der Waals surface area (Å²) in [5, 5.41) is 17.6. The van der Waals surface area contributed by atoms with E-state index in [-0.39, 0.29) is 12.1 Å². The van der Waals surface area contributed by atoms with Gasteiger partial charge in [0.25, 0.3) is 0 Å². The predicted octanol–water partition coefficient (Wildman–Crippen LogP) is 0.404. The van der Waals surface area contributed by atoms with Crippen molar-refractivity contribution in [2.24, 2.45) is 11.7 Å². The van der Waals surface area contributed by atoms with Gasteiger partial charge in [-0.2, -0.15) is 0 Å². The normalized spacial score (nSPS) is 15.4. The van der Waals surface area contributed by atoms with E-state index in [4.69, 9.17) is 30.3 Å². The van der Waals surface area contributed by atoms with Gasteiger partial charge in [-0.3, -0.25) is 0 Å². The second kappa shape index (κ2) is 7.68. The van der Waals surface area contributed by atoms with Gasteiger partial charge in [-0.05, 0) is 39.5 Å². The van der Waals surface area contributed by atoms with Crippen molar-refractivity contribution in [3.63, 3.8) is 0 Å². The molecular formula is C12H22N2O6. The Labute approximate surface area is 117 Å². The van der Waals surface area contributed by atoms with E-state index >= 15 is 0 Å². The summed E-state index contributed by atoms with van der Waals surface area (Å²) in [4.78, 5) is 29.6. The number of carbonyl (C=O) groups is 3. The fourth-order valence-corrected chi connectivity index (χ4v) is 1.33. The number of hydrogen-bond donors (Lipinski definition) is 4. The topological polar surface area (TPSA) is 139 Å². The molecular weight excluding hydrogens is 268 g/mol. The third-order valence-corrected chi connectivity index (χ3v) is 2.33. The lowest BCUT2D eigenvalue weighted by molar-refractivity contribution is -0.159. The van der Waals surface area contributed by atoms with Gasteiger partial charge >= 0.3 is 18.0 Å². The minimum Gasteiger partial charge on any atom is -0.473 e. The van der Waals surface area contributed by atoms with Crippen LogP contribution in [0.15, 0.2) is 0 Å². The molecule has 20 heavy (non-hydrogen) atoms. The van der Waals surface area contributed by atoms with Crippen molar-refractivity contribution >= 4 is 18.0 Å². The van der Waals surface area contributed by atoms with Crippen molar-refractivity contribution in [1.82, 2.24) is 5.32 Å². The highest BCUT2D eigenvalue weighted by molar-refractivity contribution is 6.27. The number of amides is 1. The zero-order valence-corrected chi connectivity index (χ0v) is 11.9. The zero-order valence-electron chi connectivity index (χ0n) is 11.9. The van der Waals surface area contributed by atoms with Gasteiger partial charge < -0.3 is 26.0 Å². The number of carboxylic acids is 2. The summed E-state index contributed by atoms with van der Waals surface area (Å²) in [5.41, 5.74) is 5.12. The molecule has 5 N–H and O–H groups in total. The van der Waals surface area contributed by atoms with E-state index in [0.29, 0.717) is 12.5 Å². The number of carbonyl (C=O) groups excluding carboxylic acids is 1. The van der Waals surface area contributed by atoms with Crippen LogP contribution in [0, 0.1) is 5.92 Å². The van der Waals surface area contributed by atoms with Crippen LogP contribution in [-0.4, -0.2) is 46.4 Å². The van der Waals surface area contributed by atoms with Crippen LogP contribution in [-0.2, 0) is 14.3 Å². The average molecular weight is 290 g/mol. The smallest absolute Gasteiger partial charge is 0.414 e. The van der Waals surface area contributed by atoms with Gasteiger partial charge in [0.1, 0.15) is 5.60 Å². The zero-order chi connectivity index (χ0) is 15.9. The molecule has 0 bridgehead atoms. The van der Waals surface area contributed by atoms with Gasteiger partial charge in [0.2, 0.25) is 0 Å². The van der Waals surface area contributed by atoms with Gasteiger partial charge in [0.05, 0.1) is 0 Å². The number of nitrogens with one attached hydrogen (secondary N) is 1. The molecule has 1 amide bonds. The molecule has 116 valence electrons. The number of carboxylic acid groups (broad SMARTS) is 2. The molecule has 8 heteroatoms. The molecule has 1 fully saturated rings. The summed E-state index contributed by atoms with van der Waals surface area (Å²) >= 11 is 0. The van der Waals surface area contributed by atoms with Crippen LogP contribution in [0.5, 0.6) is 0 Å². The highest BCUT2D eigenvalue weighted by Gasteiger charge is 2.32. The van der Waals surface area contributed by atoms with Crippen LogP contribution < -0.4 is 11.1 Å². The quantitative estimate of drug-likeness (QED) is 0.552. The minimum absolute atomic E-state index is 0.0878. The van der Waals surface area contributed by atoms with Crippen molar-refractivity contribution in [2.75, 3.05) is 6.54 Å². The summed E-state index contributed by atoms with van der Waals surface area (Å²) in [7, 11) is 0. The van der Waals surface area contributed by atoms with Gasteiger partial charge in [-0.15, -0.1) is 0 Å². The van der Waals surface area contributed by atoms with Crippen molar-refractivity contribution < 1.29 is 29.3 Å². The Morgan fingerprint density at radius 1 is 1.25 bits per heavy atom. The van der Waals surface area contributed by atoms with Crippen LogP contribution >= 0.6 is 0 Å². The minimum atomic E-state index is -1.82. The average Bonchev–Trinajstić information content (AvgIpc) is 3.07. The number of alkyl carbamates (subject to hydrolysis) is 1. The molecule has 0 spiro atoms. The lowest BCUT2D eigenvalue weighted by atomic mass is 10.2. The van der Waals surface area contributed by atoms with Crippen LogP contribution in [0.2, 0.25) is 0 Å². The van der Waals surface area contributed by atoms with E-state index in [1.54, 1.807) is 0 Å². The van der Waals surface area contributed by atoms with E-state index in [1.807, 2.05) is 20.8 Å². The highest BCUT2D eigenvalue weighted by Crippen LogP contribution is 2.32. The Balaban J connectivity index is 0.000000511. The molecule has 0 saturated heterocycles. The lowest BCUT2D eigenvalue weighted by Crippen LogP contribution is -2.44. The first kappa shape index (κ1) is 18.2. The molecule has 0 aromatic rings. The maximum atomic E-state index is 11.4. The molecule has 0 radical (unpaired) electrons. The maximum Gasteiger partial charge on any atom is 0.414 e. The highest BCUT2D eigenvalue weighted by atomic mass is 16.6. The first-order valence-corrected chi connectivity index (χ1v) is 6.22. The Morgan fingerprint density at radius 3 is 1.95 bits per heavy atom. The van der Waals surface area contributed by atoms with Crippen LogP contribution in [0.3, 0.4) is 0 Å². The molecule has 0 aliphatic heterocycles. The molecule has 1 aliphatic carbocycles. The molecule has 1 aliphatic rings. The van der Waals surface area contributed by atoms with Gasteiger partial charge in [0, 0.05) is 12.6 Å². The standard InChI is InChI=1S/C10H20N2O2.C2H2O4/c1-10(2,3)14-9(13)12-8(6-11)7-4-5-7;3-1(4)2(5)6/h7-8H,4-6,11H2,1-3H3,(H,12,13);(H,3,4)(H,5,6). The fourth-order valence-electron chi connectivity index (χ4n) is 1.33. The Kier molecular flexibility index (Phi) is 6.98. The van der Waals surface area contributed by atoms with Gasteiger partial charge in [-0.25, -0.2) is 14.4 Å². The lowest BCUT2D eigenvalue weighted by Gasteiger charge is -2.22. The number of rotatable bonds is 3. The third-order valence-electron chi connectivity index (χ3n) is 2.33. The monoisotopic (exact) mass is 290 g/mol. The fraction of sp³-hybridized carbons (Fsp3) is 0.750. The molecule has 1 saturated carbocycles. The van der Waals surface area contributed by atoms with Crippen molar-refractivity contribution in [3.8, 4) is 0 Å². The molecule has 1 atom stereocenters. The summed E-state index contributed by atoms with van der Waals surface area (Å²) in [6, 6.07) is 0.0878. The Bertz CT molecular complexity index is 347. The van der Waals surface area contributed by atoms with E-state index in [9.17, 15) is 4.79 Å². The molecule has 0 heterocycles. The van der Waals surface area contributed by atoms with E-state index in [1.165, 1.54) is 0 Å². The molecule has 1 unspecified atom stereocenters. The second-order valence-electron chi connectivity index (χ2n) is 5.44. The van der Waals surface area contributed by atoms with E-state index < -0.39 is 17.5 Å². The number of nitrogens with two attached hydrogens (primary N) is 1. The number of ether oxygens (including phenoxy) is 1. The SMILES string of the molecule is CC(C)(C)OC(=O)NC(CN)C1CC1.O=C(O)C(=O)O. The van der Waals surface area contributed by atoms with E-state index in [2.05, 4.69) is 5.32 Å². The predicted molar refractivity (Wildman–Crippen MR) is 70.2 cm³/mol. The van der Waals surface area contributed by atoms with Gasteiger partial charge in [-0.1, -0.05) is 0 Å². The number of hydrogen-bond acceptors (Lipinski definition) is 5. The first-order valence-electron chi connectivity index (χ1n) is 6.22. The second-order valence-corrected chi connectivity index (χ2v) is 5.44. The van der Waals surface area contributed by atoms with Crippen molar-refractivity contribution in [2.45, 2.75) is 45.3 Å². The van der Waals surface area contributed by atoms with Crippen molar-refractivity contribution in [3.05, 3.63) is 0 Å². The summed E-state index contributed by atoms with van der Waals surface area (Å²) in [5.74, 6) is -3.09. The van der Waals surface area contributed by atoms with E-state index in [0.717, 1.165) is 12.8 Å². The van der Waals surface area contributed by atoms with Crippen LogP contribution in [0.25, 0.3) is 0 Å². The van der Waals surface area contributed by atoms with Gasteiger partial charge in [0.15, 0.2) is 0 Å². The van der Waals surface area contributed by atoms with Crippen molar-refractivity contribution in [1.29, 1.82) is 0 Å². The maximum absolute atomic E-state index is 11.4.